The number of nitrogens with zero attached hydrogens (tertiary/aromatic N) is 3. The van der Waals surface area contributed by atoms with E-state index < -0.39 is 40.0 Å². The predicted molar refractivity (Wildman–Crippen MR) is 106 cm³/mol. The number of nitrogens with one attached hydrogen (secondary N) is 1. The largest absolute Gasteiger partial charge is 0.464 e. The van der Waals surface area contributed by atoms with Gasteiger partial charge in [-0.1, -0.05) is 5.92 Å². The van der Waals surface area contributed by atoms with Crippen LogP contribution in [0.25, 0.3) is 0 Å². The minimum atomic E-state index is -3.78. The highest BCUT2D eigenvalue weighted by atomic mass is 32.2. The van der Waals surface area contributed by atoms with Crippen LogP contribution in [0.5, 0.6) is 0 Å². The SMILES string of the molecule is CCOC(=O)C(CC#Cc1ncn(S(=O)(=O)N(C)C)c1C)(NC(C)=O)C(=O)OCC. The van der Waals surface area contributed by atoms with Gasteiger partial charge in [-0.3, -0.25) is 4.79 Å². The summed E-state index contributed by atoms with van der Waals surface area (Å²) < 4.78 is 36.4. The van der Waals surface area contributed by atoms with Gasteiger partial charge in [-0.15, -0.1) is 0 Å². The van der Waals surface area contributed by atoms with Gasteiger partial charge in [0.1, 0.15) is 12.0 Å². The van der Waals surface area contributed by atoms with Crippen molar-refractivity contribution in [2.45, 2.75) is 39.7 Å². The molecule has 12 heteroatoms. The van der Waals surface area contributed by atoms with Crippen molar-refractivity contribution in [3.05, 3.63) is 17.7 Å². The summed E-state index contributed by atoms with van der Waals surface area (Å²) in [5, 5.41) is 2.29. The second kappa shape index (κ2) is 10.2. The third-order valence-electron chi connectivity index (χ3n) is 3.87. The molecule has 1 N–H and O–H groups in total. The lowest BCUT2D eigenvalue weighted by Crippen LogP contribution is -2.61. The summed E-state index contributed by atoms with van der Waals surface area (Å²) in [7, 11) is -1.03. The van der Waals surface area contributed by atoms with Gasteiger partial charge in [0.2, 0.25) is 11.4 Å². The van der Waals surface area contributed by atoms with E-state index in [1.54, 1.807) is 13.8 Å². The number of carbonyl (C=O) groups excluding carboxylic acids is 3. The molecule has 0 saturated carbocycles. The number of amides is 1. The maximum absolute atomic E-state index is 12.5. The predicted octanol–water partition coefficient (Wildman–Crippen LogP) is -0.411. The normalized spacial score (nSPS) is 11.4. The van der Waals surface area contributed by atoms with Crippen molar-refractivity contribution >= 4 is 28.1 Å². The molecule has 1 rings (SSSR count). The molecule has 1 amide bonds. The molecule has 0 atom stereocenters. The lowest BCUT2D eigenvalue weighted by molar-refractivity contribution is -0.167. The number of esters is 2. The minimum absolute atomic E-state index is 0.0289. The van der Waals surface area contributed by atoms with E-state index in [0.29, 0.717) is 0 Å². The monoisotopic (exact) mass is 442 g/mol. The van der Waals surface area contributed by atoms with Gasteiger partial charge in [-0.2, -0.15) is 12.7 Å². The van der Waals surface area contributed by atoms with Crippen molar-refractivity contribution in [2.75, 3.05) is 27.3 Å². The number of hydrogen-bond acceptors (Lipinski definition) is 8. The number of carbonyl (C=O) groups is 3. The fraction of sp³-hybridized carbons (Fsp3) is 0.556. The summed E-state index contributed by atoms with van der Waals surface area (Å²) in [5.41, 5.74) is -1.78. The van der Waals surface area contributed by atoms with Crippen molar-refractivity contribution in [1.82, 2.24) is 18.6 Å². The van der Waals surface area contributed by atoms with E-state index in [9.17, 15) is 22.8 Å². The molecule has 0 aliphatic carbocycles. The van der Waals surface area contributed by atoms with Gasteiger partial charge in [-0.25, -0.2) is 18.5 Å². The topological polar surface area (TPSA) is 137 Å². The molecule has 1 aromatic heterocycles. The number of hydrogen-bond donors (Lipinski definition) is 1. The highest BCUT2D eigenvalue weighted by Crippen LogP contribution is 2.17. The summed E-state index contributed by atoms with van der Waals surface area (Å²) in [6.07, 6.45) is 0.642. The van der Waals surface area contributed by atoms with Gasteiger partial charge in [-0.05, 0) is 26.7 Å². The Bertz CT molecular complexity index is 952. The zero-order chi connectivity index (χ0) is 23.1. The highest BCUT2D eigenvalue weighted by Gasteiger charge is 2.49. The van der Waals surface area contributed by atoms with E-state index in [4.69, 9.17) is 9.47 Å². The van der Waals surface area contributed by atoms with Crippen LogP contribution in [-0.2, 0) is 34.1 Å². The van der Waals surface area contributed by atoms with E-state index in [1.807, 2.05) is 0 Å². The van der Waals surface area contributed by atoms with Crippen LogP contribution in [0.15, 0.2) is 6.33 Å². The molecule has 0 bridgehead atoms. The second-order valence-corrected chi connectivity index (χ2v) is 8.29. The maximum atomic E-state index is 12.5. The zero-order valence-corrected chi connectivity index (χ0v) is 18.6. The Morgan fingerprint density at radius 2 is 1.73 bits per heavy atom. The molecule has 1 heterocycles. The Hall–Kier alpha value is -2.91. The Labute approximate surface area is 175 Å². The standard InChI is InChI=1S/C18H26N4O7S/c1-7-28-16(24)18(20-14(4)23,17(25)29-8-2)11-9-10-15-13(3)22(12-19-15)30(26,27)21(5)6/h12H,7-8,11H2,1-6H3,(H,20,23). The van der Waals surface area contributed by atoms with Crippen LogP contribution in [-0.4, -0.2) is 72.4 Å². The summed E-state index contributed by atoms with van der Waals surface area (Å²) in [6.45, 7) is 5.69. The van der Waals surface area contributed by atoms with Crippen molar-refractivity contribution in [3.8, 4) is 11.8 Å². The molecule has 0 aliphatic heterocycles. The number of rotatable bonds is 8. The molecule has 0 unspecified atom stereocenters. The molecule has 30 heavy (non-hydrogen) atoms. The van der Waals surface area contributed by atoms with E-state index in [-0.39, 0.29) is 24.6 Å². The van der Waals surface area contributed by atoms with Crippen LogP contribution < -0.4 is 5.32 Å². The van der Waals surface area contributed by atoms with Gasteiger partial charge in [0.25, 0.3) is 0 Å². The Morgan fingerprint density at radius 3 is 2.17 bits per heavy atom. The smallest absolute Gasteiger partial charge is 0.344 e. The lowest BCUT2D eigenvalue weighted by atomic mass is 9.95. The first-order valence-corrected chi connectivity index (χ1v) is 10.4. The fourth-order valence-corrected chi connectivity index (χ4v) is 3.32. The summed E-state index contributed by atoms with van der Waals surface area (Å²) in [4.78, 5) is 40.7. The van der Waals surface area contributed by atoms with Gasteiger partial charge < -0.3 is 14.8 Å². The van der Waals surface area contributed by atoms with Crippen LogP contribution in [0.1, 0.15) is 38.6 Å². The van der Waals surface area contributed by atoms with Crippen molar-refractivity contribution < 1.29 is 32.3 Å². The molecule has 0 saturated heterocycles. The van der Waals surface area contributed by atoms with E-state index in [0.717, 1.165) is 21.5 Å². The molecule has 0 aliphatic rings. The molecule has 0 radical (unpaired) electrons. The molecule has 0 fully saturated rings. The second-order valence-electron chi connectivity index (χ2n) is 6.27. The average Bonchev–Trinajstić information content (AvgIpc) is 3.02. The molecule has 0 spiro atoms. The van der Waals surface area contributed by atoms with Gasteiger partial charge in [0, 0.05) is 21.0 Å². The van der Waals surface area contributed by atoms with Crippen LogP contribution in [0.3, 0.4) is 0 Å². The third-order valence-corrected chi connectivity index (χ3v) is 5.66. The van der Waals surface area contributed by atoms with E-state index in [2.05, 4.69) is 22.1 Å². The summed E-state index contributed by atoms with van der Waals surface area (Å²) in [6, 6.07) is 0. The van der Waals surface area contributed by atoms with Crippen LogP contribution in [0.2, 0.25) is 0 Å². The first-order chi connectivity index (χ1) is 13.9. The Balaban J connectivity index is 3.37. The molecular formula is C18H26N4O7S. The van der Waals surface area contributed by atoms with Gasteiger partial charge in [0.15, 0.2) is 0 Å². The van der Waals surface area contributed by atoms with Crippen molar-refractivity contribution in [2.24, 2.45) is 0 Å². The summed E-state index contributed by atoms with van der Waals surface area (Å²) >= 11 is 0. The van der Waals surface area contributed by atoms with E-state index >= 15 is 0 Å². The van der Waals surface area contributed by atoms with Gasteiger partial charge in [0.05, 0.1) is 25.3 Å². The molecule has 0 aromatic carbocycles. The molecule has 11 nitrogen and oxygen atoms in total. The van der Waals surface area contributed by atoms with Crippen LogP contribution in [0.4, 0.5) is 0 Å². The molecular weight excluding hydrogens is 416 g/mol. The van der Waals surface area contributed by atoms with Crippen molar-refractivity contribution in [3.63, 3.8) is 0 Å². The van der Waals surface area contributed by atoms with E-state index in [1.165, 1.54) is 21.0 Å². The van der Waals surface area contributed by atoms with Crippen LogP contribution in [0, 0.1) is 18.8 Å². The quantitative estimate of drug-likeness (QED) is 0.326. The minimum Gasteiger partial charge on any atom is -0.464 e. The number of ether oxygens (including phenoxy) is 2. The zero-order valence-electron chi connectivity index (χ0n) is 17.8. The van der Waals surface area contributed by atoms with Crippen LogP contribution >= 0.6 is 0 Å². The highest BCUT2D eigenvalue weighted by molar-refractivity contribution is 7.87. The number of imidazole rings is 1. The third kappa shape index (κ3) is 5.37. The first kappa shape index (κ1) is 25.1. The fourth-order valence-electron chi connectivity index (χ4n) is 2.37. The molecule has 166 valence electrons. The van der Waals surface area contributed by atoms with Crippen molar-refractivity contribution in [1.29, 1.82) is 0 Å². The summed E-state index contributed by atoms with van der Waals surface area (Å²) in [5.74, 6) is 2.57. The Morgan fingerprint density at radius 1 is 1.20 bits per heavy atom. The molecule has 1 aromatic rings. The maximum Gasteiger partial charge on any atom is 0.344 e. The first-order valence-electron chi connectivity index (χ1n) is 9.03. The lowest BCUT2D eigenvalue weighted by Gasteiger charge is -2.27. The Kier molecular flexibility index (Phi) is 8.56. The number of aromatic nitrogens is 2. The average molecular weight is 442 g/mol. The van der Waals surface area contributed by atoms with Gasteiger partial charge >= 0.3 is 22.1 Å².